The van der Waals surface area contributed by atoms with E-state index < -0.39 is 9.84 Å². The summed E-state index contributed by atoms with van der Waals surface area (Å²) in [5, 5.41) is 7.29. The molecule has 1 unspecified atom stereocenters. The molecule has 0 aliphatic carbocycles. The molecule has 7 nitrogen and oxygen atoms in total. The molecule has 0 spiro atoms. The van der Waals surface area contributed by atoms with Crippen LogP contribution in [0.4, 0.5) is 5.69 Å². The highest BCUT2D eigenvalue weighted by molar-refractivity contribution is 14.0. The van der Waals surface area contributed by atoms with Gasteiger partial charge in [0.15, 0.2) is 15.8 Å². The van der Waals surface area contributed by atoms with Crippen LogP contribution in [-0.2, 0) is 9.84 Å². The summed E-state index contributed by atoms with van der Waals surface area (Å²) in [6.07, 6.45) is 1.67. The molecular weight excluding hydrogens is 525 g/mol. The maximum Gasteiger partial charge on any atom is 0.191 e. The van der Waals surface area contributed by atoms with Gasteiger partial charge in [-0.15, -0.1) is 24.0 Å². The Morgan fingerprint density at radius 1 is 1.28 bits per heavy atom. The van der Waals surface area contributed by atoms with E-state index in [2.05, 4.69) is 31.5 Å². The molecule has 10 heteroatoms. The van der Waals surface area contributed by atoms with E-state index in [1.54, 1.807) is 7.05 Å². The average molecular weight is 556 g/mol. The summed E-state index contributed by atoms with van der Waals surface area (Å²) in [7, 11) is -1.16. The lowest BCUT2D eigenvalue weighted by atomic mass is 10.2. The van der Waals surface area contributed by atoms with E-state index in [0.717, 1.165) is 50.7 Å². The van der Waals surface area contributed by atoms with Crippen LogP contribution >= 0.6 is 35.6 Å². The Bertz CT molecular complexity index is 785. The second kappa shape index (κ2) is 11.6. The highest BCUT2D eigenvalue weighted by Crippen LogP contribution is 2.20. The number of nitrogens with one attached hydrogen (secondary N) is 2. The topological polar surface area (TPSA) is 77.0 Å². The van der Waals surface area contributed by atoms with Gasteiger partial charge in [0.05, 0.1) is 11.5 Å². The number of hydrogen-bond donors (Lipinski definition) is 2. The summed E-state index contributed by atoms with van der Waals surface area (Å²) < 4.78 is 23.1. The molecule has 1 atom stereocenters. The van der Waals surface area contributed by atoms with E-state index >= 15 is 0 Å². The van der Waals surface area contributed by atoms with Crippen molar-refractivity contribution in [1.82, 2.24) is 15.5 Å². The number of halogens is 2. The number of piperazine rings is 1. The van der Waals surface area contributed by atoms with Crippen molar-refractivity contribution in [2.24, 2.45) is 4.99 Å². The first-order valence-corrected chi connectivity index (χ1v) is 12.1. The first kappa shape index (κ1) is 24.5. The molecule has 2 aliphatic heterocycles. The maximum atomic E-state index is 11.6. The SMILES string of the molecule is CN=C(NCCCN1CCN(c2cccc(Cl)c2)CC1)NC1CCS(=O)(=O)C1.I. The zero-order chi connectivity index (χ0) is 20.0. The van der Waals surface area contributed by atoms with Gasteiger partial charge in [-0.25, -0.2) is 8.42 Å². The van der Waals surface area contributed by atoms with E-state index in [9.17, 15) is 8.42 Å². The van der Waals surface area contributed by atoms with Gasteiger partial charge in [-0.05, 0) is 37.6 Å². The number of rotatable bonds is 6. The second-order valence-corrected chi connectivity index (χ2v) is 10.1. The minimum absolute atomic E-state index is 0. The number of benzene rings is 1. The molecule has 0 radical (unpaired) electrons. The second-order valence-electron chi connectivity index (χ2n) is 7.41. The van der Waals surface area contributed by atoms with Gasteiger partial charge in [-0.1, -0.05) is 17.7 Å². The van der Waals surface area contributed by atoms with Crippen LogP contribution in [0.5, 0.6) is 0 Å². The van der Waals surface area contributed by atoms with Gasteiger partial charge < -0.3 is 15.5 Å². The normalized spacial score (nSPS) is 22.2. The third-order valence-corrected chi connectivity index (χ3v) is 7.29. The molecule has 2 fully saturated rings. The quantitative estimate of drug-likeness (QED) is 0.241. The van der Waals surface area contributed by atoms with Crippen molar-refractivity contribution in [2.45, 2.75) is 18.9 Å². The molecule has 2 saturated heterocycles. The van der Waals surface area contributed by atoms with Crippen molar-refractivity contribution in [3.8, 4) is 0 Å². The van der Waals surface area contributed by atoms with Gasteiger partial charge in [-0.2, -0.15) is 0 Å². The van der Waals surface area contributed by atoms with Crippen molar-refractivity contribution in [3.05, 3.63) is 29.3 Å². The molecular formula is C19H31ClIN5O2S. The highest BCUT2D eigenvalue weighted by atomic mass is 127. The zero-order valence-corrected chi connectivity index (χ0v) is 20.7. The van der Waals surface area contributed by atoms with Gasteiger partial charge in [0.2, 0.25) is 0 Å². The van der Waals surface area contributed by atoms with Crippen molar-refractivity contribution >= 4 is 57.1 Å². The molecule has 0 bridgehead atoms. The van der Waals surface area contributed by atoms with Crippen LogP contribution in [0.3, 0.4) is 0 Å². The zero-order valence-electron chi connectivity index (χ0n) is 16.8. The van der Waals surface area contributed by atoms with Crippen LogP contribution in [-0.4, -0.2) is 83.1 Å². The fourth-order valence-electron chi connectivity index (χ4n) is 3.71. The fourth-order valence-corrected chi connectivity index (χ4v) is 5.57. The lowest BCUT2D eigenvalue weighted by Crippen LogP contribution is -2.47. The highest BCUT2D eigenvalue weighted by Gasteiger charge is 2.28. The van der Waals surface area contributed by atoms with Crippen LogP contribution in [0, 0.1) is 0 Å². The molecule has 29 heavy (non-hydrogen) atoms. The summed E-state index contributed by atoms with van der Waals surface area (Å²) in [6.45, 7) is 5.94. The molecule has 164 valence electrons. The Labute approximate surface area is 196 Å². The summed E-state index contributed by atoms with van der Waals surface area (Å²) >= 11 is 6.09. The van der Waals surface area contributed by atoms with E-state index in [1.807, 2.05) is 18.2 Å². The summed E-state index contributed by atoms with van der Waals surface area (Å²) in [5.74, 6) is 1.15. The predicted molar refractivity (Wildman–Crippen MR) is 132 cm³/mol. The number of guanidine groups is 1. The van der Waals surface area contributed by atoms with Crippen LogP contribution in [0.25, 0.3) is 0 Å². The number of anilines is 1. The minimum Gasteiger partial charge on any atom is -0.369 e. The lowest BCUT2D eigenvalue weighted by Gasteiger charge is -2.36. The Hall–Kier alpha value is -0.780. The first-order chi connectivity index (χ1) is 13.4. The third kappa shape index (κ3) is 7.76. The number of sulfone groups is 1. The molecule has 0 amide bonds. The minimum atomic E-state index is -2.88. The predicted octanol–water partition coefficient (Wildman–Crippen LogP) is 1.82. The Morgan fingerprint density at radius 2 is 2.03 bits per heavy atom. The molecule has 2 aliphatic rings. The van der Waals surface area contributed by atoms with Gasteiger partial charge in [0, 0.05) is 56.5 Å². The largest absolute Gasteiger partial charge is 0.369 e. The van der Waals surface area contributed by atoms with Crippen molar-refractivity contribution < 1.29 is 8.42 Å². The van der Waals surface area contributed by atoms with Crippen molar-refractivity contribution in [3.63, 3.8) is 0 Å². The molecule has 3 rings (SSSR count). The third-order valence-electron chi connectivity index (χ3n) is 5.29. The van der Waals surface area contributed by atoms with E-state index in [4.69, 9.17) is 11.6 Å². The van der Waals surface area contributed by atoms with Crippen LogP contribution in [0.2, 0.25) is 5.02 Å². The lowest BCUT2D eigenvalue weighted by molar-refractivity contribution is 0.255. The number of hydrogen-bond acceptors (Lipinski definition) is 5. The average Bonchev–Trinajstić information content (AvgIpc) is 3.03. The first-order valence-electron chi connectivity index (χ1n) is 9.86. The van der Waals surface area contributed by atoms with Gasteiger partial charge >= 0.3 is 0 Å². The number of aliphatic imine (C=N–C) groups is 1. The van der Waals surface area contributed by atoms with E-state index in [0.29, 0.717) is 12.4 Å². The number of nitrogens with zero attached hydrogens (tertiary/aromatic N) is 3. The fraction of sp³-hybridized carbons (Fsp3) is 0.632. The Morgan fingerprint density at radius 3 is 2.66 bits per heavy atom. The smallest absolute Gasteiger partial charge is 0.191 e. The van der Waals surface area contributed by atoms with Crippen LogP contribution in [0.1, 0.15) is 12.8 Å². The molecule has 1 aromatic rings. The monoisotopic (exact) mass is 555 g/mol. The van der Waals surface area contributed by atoms with Gasteiger partial charge in [-0.3, -0.25) is 9.89 Å². The van der Waals surface area contributed by atoms with Crippen molar-refractivity contribution in [1.29, 1.82) is 0 Å². The van der Waals surface area contributed by atoms with Crippen LogP contribution < -0.4 is 15.5 Å². The molecule has 0 saturated carbocycles. The Balaban J connectivity index is 0.00000300. The Kier molecular flexibility index (Phi) is 9.77. The van der Waals surface area contributed by atoms with Crippen molar-refractivity contribution in [2.75, 3.05) is 62.7 Å². The summed E-state index contributed by atoms with van der Waals surface area (Å²) in [6, 6.07) is 8.01. The van der Waals surface area contributed by atoms with Gasteiger partial charge in [0.25, 0.3) is 0 Å². The molecule has 2 N–H and O–H groups in total. The van der Waals surface area contributed by atoms with E-state index in [-0.39, 0.29) is 41.5 Å². The van der Waals surface area contributed by atoms with E-state index in [1.165, 1.54) is 5.69 Å². The molecule has 0 aromatic heterocycles. The molecule has 1 aromatic carbocycles. The maximum absolute atomic E-state index is 11.6. The molecule has 2 heterocycles. The summed E-state index contributed by atoms with van der Waals surface area (Å²) in [4.78, 5) is 9.05. The standard InChI is InChI=1S/C19H30ClN5O2S.HI/c1-21-19(23-17-6-13-28(26,27)15-17)22-7-3-8-24-9-11-25(12-10-24)18-5-2-4-16(20)14-18;/h2,4-5,14,17H,3,6-13,15H2,1H3,(H2,21,22,23);1H. The van der Waals surface area contributed by atoms with Gasteiger partial charge in [0.1, 0.15) is 0 Å². The summed E-state index contributed by atoms with van der Waals surface area (Å²) in [5.41, 5.74) is 1.19. The van der Waals surface area contributed by atoms with Crippen LogP contribution in [0.15, 0.2) is 29.3 Å².